The van der Waals surface area contributed by atoms with E-state index in [-0.39, 0.29) is 17.9 Å². The van der Waals surface area contributed by atoms with Crippen LogP contribution in [0.3, 0.4) is 0 Å². The first-order valence-electron chi connectivity index (χ1n) is 6.89. The van der Waals surface area contributed by atoms with Crippen molar-refractivity contribution in [3.05, 3.63) is 34.3 Å². The van der Waals surface area contributed by atoms with Gasteiger partial charge in [0.05, 0.1) is 0 Å². The second-order valence-corrected chi connectivity index (χ2v) is 6.12. The van der Waals surface area contributed by atoms with Crippen molar-refractivity contribution in [2.24, 2.45) is 5.92 Å². The minimum atomic E-state index is -0.152. The van der Waals surface area contributed by atoms with E-state index in [0.717, 1.165) is 4.47 Å². The van der Waals surface area contributed by atoms with E-state index in [4.69, 9.17) is 0 Å². The predicted octanol–water partition coefficient (Wildman–Crippen LogP) is 2.48. The highest BCUT2D eigenvalue weighted by Crippen LogP contribution is 2.32. The first-order chi connectivity index (χ1) is 9.56. The van der Waals surface area contributed by atoms with Gasteiger partial charge in [0.2, 0.25) is 5.91 Å². The van der Waals surface area contributed by atoms with Crippen molar-refractivity contribution in [2.45, 2.75) is 32.2 Å². The van der Waals surface area contributed by atoms with Crippen LogP contribution in [0.15, 0.2) is 28.7 Å². The van der Waals surface area contributed by atoms with Gasteiger partial charge in [0.25, 0.3) is 5.91 Å². The van der Waals surface area contributed by atoms with Crippen molar-refractivity contribution in [1.29, 1.82) is 0 Å². The maximum Gasteiger partial charge on any atom is 0.251 e. The number of nitrogens with one attached hydrogen (secondary N) is 2. The number of hydrogen-bond donors (Lipinski definition) is 2. The molecule has 2 amide bonds. The fourth-order valence-electron chi connectivity index (χ4n) is 2.03. The van der Waals surface area contributed by atoms with Crippen LogP contribution in [0, 0.1) is 5.92 Å². The Labute approximate surface area is 127 Å². The molecular weight excluding hydrogens is 320 g/mol. The summed E-state index contributed by atoms with van der Waals surface area (Å²) >= 11 is 3.32. The van der Waals surface area contributed by atoms with Crippen molar-refractivity contribution in [3.63, 3.8) is 0 Å². The van der Waals surface area contributed by atoms with Gasteiger partial charge in [0.15, 0.2) is 0 Å². The lowest BCUT2D eigenvalue weighted by Crippen LogP contribution is -2.36. The molecule has 0 aromatic heterocycles. The van der Waals surface area contributed by atoms with Crippen LogP contribution in [-0.2, 0) is 4.79 Å². The Hall–Kier alpha value is -1.36. The lowest BCUT2D eigenvalue weighted by molar-refractivity contribution is -0.121. The van der Waals surface area contributed by atoms with Crippen molar-refractivity contribution in [2.75, 3.05) is 6.54 Å². The summed E-state index contributed by atoms with van der Waals surface area (Å²) in [5.74, 6) is 0.498. The van der Waals surface area contributed by atoms with Crippen LogP contribution in [0.4, 0.5) is 0 Å². The normalized spacial score (nSPS) is 15.5. The number of carbonyl (C=O) groups is 2. The molecule has 1 aromatic rings. The molecule has 0 aliphatic heterocycles. The zero-order valence-corrected chi connectivity index (χ0v) is 13.1. The van der Waals surface area contributed by atoms with E-state index >= 15 is 0 Å². The highest BCUT2D eigenvalue weighted by atomic mass is 79.9. The number of amides is 2. The van der Waals surface area contributed by atoms with Gasteiger partial charge in [-0.2, -0.15) is 0 Å². The first kappa shape index (κ1) is 15.0. The van der Waals surface area contributed by atoms with Crippen molar-refractivity contribution in [1.82, 2.24) is 10.6 Å². The molecule has 0 radical (unpaired) electrons. The molecule has 1 aliphatic carbocycles. The second-order valence-electron chi connectivity index (χ2n) is 5.21. The number of benzene rings is 1. The molecule has 1 fully saturated rings. The van der Waals surface area contributed by atoms with Crippen LogP contribution in [-0.4, -0.2) is 24.4 Å². The minimum Gasteiger partial charge on any atom is -0.353 e. The first-order valence-corrected chi connectivity index (χ1v) is 7.68. The van der Waals surface area contributed by atoms with E-state index in [9.17, 15) is 9.59 Å². The van der Waals surface area contributed by atoms with E-state index < -0.39 is 0 Å². The van der Waals surface area contributed by atoms with Gasteiger partial charge in [-0.1, -0.05) is 15.9 Å². The Balaban J connectivity index is 1.68. The zero-order chi connectivity index (χ0) is 14.5. The molecule has 5 heteroatoms. The predicted molar refractivity (Wildman–Crippen MR) is 81.4 cm³/mol. The molecule has 2 N–H and O–H groups in total. The zero-order valence-electron chi connectivity index (χ0n) is 11.5. The Bertz CT molecular complexity index is 483. The molecule has 0 heterocycles. The highest BCUT2D eigenvalue weighted by Gasteiger charge is 2.28. The van der Waals surface area contributed by atoms with E-state index in [1.165, 1.54) is 12.8 Å². The standard InChI is InChI=1S/C15H19BrN2O2/c1-10(11-2-3-11)18-14(19)8-9-17-15(20)12-4-6-13(16)7-5-12/h4-7,10-11H,2-3,8-9H2,1H3,(H,17,20)(H,18,19). The lowest BCUT2D eigenvalue weighted by atomic mass is 10.2. The van der Waals surface area contributed by atoms with Gasteiger partial charge in [-0.15, -0.1) is 0 Å². The monoisotopic (exact) mass is 338 g/mol. The minimum absolute atomic E-state index is 0.000469. The van der Waals surface area contributed by atoms with Crippen molar-refractivity contribution in [3.8, 4) is 0 Å². The van der Waals surface area contributed by atoms with Gasteiger partial charge < -0.3 is 10.6 Å². The average molecular weight is 339 g/mol. The third kappa shape index (κ3) is 4.63. The van der Waals surface area contributed by atoms with Crippen LogP contribution < -0.4 is 10.6 Å². The molecule has 0 spiro atoms. The molecule has 0 saturated heterocycles. The van der Waals surface area contributed by atoms with Gasteiger partial charge in [-0.25, -0.2) is 0 Å². The summed E-state index contributed by atoms with van der Waals surface area (Å²) in [6.07, 6.45) is 2.74. The highest BCUT2D eigenvalue weighted by molar-refractivity contribution is 9.10. The Morgan fingerprint density at radius 2 is 1.95 bits per heavy atom. The number of carbonyl (C=O) groups excluding carboxylic acids is 2. The lowest BCUT2D eigenvalue weighted by Gasteiger charge is -2.12. The van der Waals surface area contributed by atoms with Crippen molar-refractivity contribution < 1.29 is 9.59 Å². The van der Waals surface area contributed by atoms with Crippen LogP contribution in [0.1, 0.15) is 36.5 Å². The summed E-state index contributed by atoms with van der Waals surface area (Å²) in [6, 6.07) is 7.38. The third-order valence-corrected chi connectivity index (χ3v) is 3.99. The molecule has 4 nitrogen and oxygen atoms in total. The molecule has 0 bridgehead atoms. The number of halogens is 1. The van der Waals surface area contributed by atoms with Crippen LogP contribution in [0.25, 0.3) is 0 Å². The molecule has 1 unspecified atom stereocenters. The van der Waals surface area contributed by atoms with Crippen LogP contribution in [0.5, 0.6) is 0 Å². The Morgan fingerprint density at radius 1 is 1.30 bits per heavy atom. The maximum absolute atomic E-state index is 11.8. The SMILES string of the molecule is CC(NC(=O)CCNC(=O)c1ccc(Br)cc1)C1CC1. The van der Waals surface area contributed by atoms with Crippen LogP contribution in [0.2, 0.25) is 0 Å². The van der Waals surface area contributed by atoms with Crippen LogP contribution >= 0.6 is 15.9 Å². The Morgan fingerprint density at radius 3 is 2.55 bits per heavy atom. The molecule has 20 heavy (non-hydrogen) atoms. The Kier molecular flexibility index (Phi) is 5.17. The molecule has 108 valence electrons. The molecule has 2 rings (SSSR count). The van der Waals surface area contributed by atoms with Gasteiger partial charge in [-0.05, 0) is 49.9 Å². The summed E-state index contributed by atoms with van der Waals surface area (Å²) in [5, 5.41) is 5.72. The average Bonchev–Trinajstić information content (AvgIpc) is 3.23. The fourth-order valence-corrected chi connectivity index (χ4v) is 2.30. The number of hydrogen-bond acceptors (Lipinski definition) is 2. The smallest absolute Gasteiger partial charge is 0.251 e. The molecule has 1 saturated carbocycles. The quantitative estimate of drug-likeness (QED) is 0.837. The van der Waals surface area contributed by atoms with E-state index in [0.29, 0.717) is 24.4 Å². The number of rotatable bonds is 6. The molecule has 1 aliphatic rings. The van der Waals surface area contributed by atoms with Crippen molar-refractivity contribution >= 4 is 27.7 Å². The summed E-state index contributed by atoms with van der Waals surface area (Å²) in [6.45, 7) is 2.40. The molecule has 1 aromatic carbocycles. The topological polar surface area (TPSA) is 58.2 Å². The summed E-state index contributed by atoms with van der Waals surface area (Å²) in [4.78, 5) is 23.5. The molecular formula is C15H19BrN2O2. The second kappa shape index (κ2) is 6.88. The van der Waals surface area contributed by atoms with E-state index in [1.807, 2.05) is 19.1 Å². The fraction of sp³-hybridized carbons (Fsp3) is 0.467. The van der Waals surface area contributed by atoms with Gasteiger partial charge in [0.1, 0.15) is 0 Å². The van der Waals surface area contributed by atoms with Gasteiger partial charge in [-0.3, -0.25) is 9.59 Å². The summed E-state index contributed by atoms with van der Waals surface area (Å²) in [5.41, 5.74) is 0.597. The van der Waals surface area contributed by atoms with E-state index in [1.54, 1.807) is 12.1 Å². The maximum atomic E-state index is 11.8. The molecule has 1 atom stereocenters. The van der Waals surface area contributed by atoms with Gasteiger partial charge in [0, 0.05) is 29.0 Å². The summed E-state index contributed by atoms with van der Waals surface area (Å²) < 4.78 is 0.933. The third-order valence-electron chi connectivity index (χ3n) is 3.46. The van der Waals surface area contributed by atoms with E-state index in [2.05, 4.69) is 26.6 Å². The largest absolute Gasteiger partial charge is 0.353 e. The van der Waals surface area contributed by atoms with Gasteiger partial charge >= 0.3 is 0 Å². The summed E-state index contributed by atoms with van der Waals surface area (Å²) in [7, 11) is 0.